The summed E-state index contributed by atoms with van der Waals surface area (Å²) in [6.45, 7) is 7.59. The molecule has 1 saturated heterocycles. The Morgan fingerprint density at radius 2 is 2.00 bits per heavy atom. The lowest BCUT2D eigenvalue weighted by molar-refractivity contribution is -0.151. The Kier molecular flexibility index (Phi) is 7.10. The van der Waals surface area contributed by atoms with Gasteiger partial charge in [0.25, 0.3) is 0 Å². The molecule has 1 aromatic carbocycles. The zero-order valence-electron chi connectivity index (χ0n) is 15.3. The second kappa shape index (κ2) is 9.30. The van der Waals surface area contributed by atoms with Crippen molar-refractivity contribution in [1.82, 2.24) is 4.90 Å². The van der Waals surface area contributed by atoms with Gasteiger partial charge in [-0.05, 0) is 45.7 Å². The van der Waals surface area contributed by atoms with E-state index >= 15 is 0 Å². The first-order chi connectivity index (χ1) is 12.0. The second-order valence-electron chi connectivity index (χ2n) is 6.46. The molecule has 1 amide bonds. The van der Waals surface area contributed by atoms with Crippen molar-refractivity contribution in [2.45, 2.75) is 39.7 Å². The molecule has 1 fully saturated rings. The maximum atomic E-state index is 12.4. The quantitative estimate of drug-likeness (QED) is 0.768. The van der Waals surface area contributed by atoms with Crippen LogP contribution in [0.4, 0.5) is 5.69 Å². The number of rotatable bonds is 7. The van der Waals surface area contributed by atoms with Gasteiger partial charge in [-0.25, -0.2) is 0 Å². The summed E-state index contributed by atoms with van der Waals surface area (Å²) in [5.41, 5.74) is 0.855. The lowest BCUT2D eigenvalue weighted by Gasteiger charge is -2.31. The van der Waals surface area contributed by atoms with E-state index in [0.717, 1.165) is 11.4 Å². The molecule has 0 aliphatic carbocycles. The van der Waals surface area contributed by atoms with Crippen molar-refractivity contribution < 1.29 is 19.1 Å². The molecular formula is C19H28N2O4. The predicted molar refractivity (Wildman–Crippen MR) is 96.6 cm³/mol. The summed E-state index contributed by atoms with van der Waals surface area (Å²) >= 11 is 0. The van der Waals surface area contributed by atoms with E-state index in [2.05, 4.69) is 5.32 Å². The van der Waals surface area contributed by atoms with E-state index in [9.17, 15) is 9.59 Å². The molecule has 1 aliphatic heterocycles. The monoisotopic (exact) mass is 348 g/mol. The van der Waals surface area contributed by atoms with Crippen LogP contribution < -0.4 is 10.1 Å². The normalized spacial score (nSPS) is 15.1. The molecule has 0 radical (unpaired) electrons. The summed E-state index contributed by atoms with van der Waals surface area (Å²) < 4.78 is 10.7. The van der Waals surface area contributed by atoms with Crippen LogP contribution in [-0.2, 0) is 14.3 Å². The van der Waals surface area contributed by atoms with Crippen molar-refractivity contribution in [2.75, 3.05) is 31.6 Å². The Bertz CT molecular complexity index is 581. The zero-order valence-corrected chi connectivity index (χ0v) is 15.3. The van der Waals surface area contributed by atoms with Gasteiger partial charge in [0.2, 0.25) is 5.91 Å². The number of ether oxygens (including phenoxy) is 2. The van der Waals surface area contributed by atoms with Gasteiger partial charge in [0.15, 0.2) is 0 Å². The molecule has 6 heteroatoms. The van der Waals surface area contributed by atoms with E-state index < -0.39 is 0 Å². The summed E-state index contributed by atoms with van der Waals surface area (Å²) in [5, 5.41) is 3.15. The van der Waals surface area contributed by atoms with Crippen LogP contribution in [0.1, 0.15) is 33.6 Å². The van der Waals surface area contributed by atoms with E-state index in [1.165, 1.54) is 0 Å². The predicted octanol–water partition coefficient (Wildman–Crippen LogP) is 2.69. The van der Waals surface area contributed by atoms with Crippen LogP contribution in [0.2, 0.25) is 0 Å². The molecule has 0 unspecified atom stereocenters. The first kappa shape index (κ1) is 19.1. The highest BCUT2D eigenvalue weighted by Crippen LogP contribution is 2.20. The number of nitrogens with one attached hydrogen (secondary N) is 1. The van der Waals surface area contributed by atoms with Crippen molar-refractivity contribution in [1.29, 1.82) is 0 Å². The highest BCUT2D eigenvalue weighted by molar-refractivity contribution is 5.81. The van der Waals surface area contributed by atoms with Gasteiger partial charge in [-0.2, -0.15) is 0 Å². The van der Waals surface area contributed by atoms with Gasteiger partial charge in [0, 0.05) is 24.8 Å². The average molecular weight is 348 g/mol. The van der Waals surface area contributed by atoms with Gasteiger partial charge in [0.05, 0.1) is 25.2 Å². The number of carbonyl (C=O) groups is 2. The van der Waals surface area contributed by atoms with Crippen LogP contribution in [-0.4, -0.2) is 49.1 Å². The molecule has 0 aromatic heterocycles. The molecule has 0 saturated carbocycles. The van der Waals surface area contributed by atoms with Crippen molar-refractivity contribution in [3.05, 3.63) is 24.3 Å². The molecule has 1 heterocycles. The highest BCUT2D eigenvalue weighted by Gasteiger charge is 2.27. The Hall–Kier alpha value is -2.24. The van der Waals surface area contributed by atoms with Crippen molar-refractivity contribution in [3.8, 4) is 5.75 Å². The van der Waals surface area contributed by atoms with E-state index in [-0.39, 0.29) is 30.4 Å². The number of hydrogen-bond acceptors (Lipinski definition) is 5. The van der Waals surface area contributed by atoms with Crippen LogP contribution in [0.5, 0.6) is 5.75 Å². The van der Waals surface area contributed by atoms with Crippen LogP contribution >= 0.6 is 0 Å². The molecule has 0 bridgehead atoms. The third-order valence-corrected chi connectivity index (χ3v) is 4.12. The summed E-state index contributed by atoms with van der Waals surface area (Å²) in [7, 11) is 0. The fourth-order valence-corrected chi connectivity index (χ4v) is 2.87. The van der Waals surface area contributed by atoms with E-state index in [1.54, 1.807) is 4.90 Å². The molecule has 2 rings (SSSR count). The van der Waals surface area contributed by atoms with E-state index in [4.69, 9.17) is 9.47 Å². The number of amides is 1. The highest BCUT2D eigenvalue weighted by atomic mass is 16.5. The molecule has 0 atom stereocenters. The van der Waals surface area contributed by atoms with Crippen molar-refractivity contribution in [3.63, 3.8) is 0 Å². The van der Waals surface area contributed by atoms with Gasteiger partial charge in [-0.3, -0.25) is 9.59 Å². The largest absolute Gasteiger partial charge is 0.491 e. The number of esters is 1. The molecule has 1 aromatic rings. The van der Waals surface area contributed by atoms with Gasteiger partial charge < -0.3 is 19.7 Å². The smallest absolute Gasteiger partial charge is 0.309 e. The van der Waals surface area contributed by atoms with Gasteiger partial charge in [0.1, 0.15) is 5.75 Å². The lowest BCUT2D eigenvalue weighted by Crippen LogP contribution is -2.43. The van der Waals surface area contributed by atoms with Crippen LogP contribution in [0.25, 0.3) is 0 Å². The number of carbonyl (C=O) groups excluding carboxylic acids is 2. The Morgan fingerprint density at radius 3 is 2.64 bits per heavy atom. The van der Waals surface area contributed by atoms with Gasteiger partial charge >= 0.3 is 5.97 Å². The van der Waals surface area contributed by atoms with Crippen LogP contribution in [0, 0.1) is 5.92 Å². The molecule has 6 nitrogen and oxygen atoms in total. The second-order valence-corrected chi connectivity index (χ2v) is 6.46. The minimum Gasteiger partial charge on any atom is -0.491 e. The maximum absolute atomic E-state index is 12.4. The SMILES string of the molecule is CCOC(=O)C1CCN(C(=O)CNc2cccc(OC(C)C)c2)CC1. The van der Waals surface area contributed by atoms with Crippen molar-refractivity contribution in [2.24, 2.45) is 5.92 Å². The zero-order chi connectivity index (χ0) is 18.2. The fourth-order valence-electron chi connectivity index (χ4n) is 2.87. The summed E-state index contributed by atoms with van der Waals surface area (Å²) in [6.07, 6.45) is 1.45. The molecule has 0 spiro atoms. The van der Waals surface area contributed by atoms with E-state index in [0.29, 0.717) is 32.5 Å². The average Bonchev–Trinajstić information content (AvgIpc) is 2.60. The minimum atomic E-state index is -0.144. The summed E-state index contributed by atoms with van der Waals surface area (Å²) in [6, 6.07) is 7.59. The van der Waals surface area contributed by atoms with Crippen LogP contribution in [0.15, 0.2) is 24.3 Å². The number of likely N-dealkylation sites (tertiary alicyclic amines) is 1. The lowest BCUT2D eigenvalue weighted by atomic mass is 9.97. The molecular weight excluding hydrogens is 320 g/mol. The first-order valence-electron chi connectivity index (χ1n) is 8.94. The fraction of sp³-hybridized carbons (Fsp3) is 0.579. The molecule has 138 valence electrons. The minimum absolute atomic E-state index is 0.0393. The molecule has 25 heavy (non-hydrogen) atoms. The number of nitrogens with zero attached hydrogens (tertiary/aromatic N) is 1. The summed E-state index contributed by atoms with van der Waals surface area (Å²) in [4.78, 5) is 25.9. The number of benzene rings is 1. The first-order valence-corrected chi connectivity index (χ1v) is 8.94. The maximum Gasteiger partial charge on any atom is 0.309 e. The number of hydrogen-bond donors (Lipinski definition) is 1. The topological polar surface area (TPSA) is 67.9 Å². The molecule has 1 N–H and O–H groups in total. The van der Waals surface area contributed by atoms with Gasteiger partial charge in [-0.15, -0.1) is 0 Å². The van der Waals surface area contributed by atoms with Crippen molar-refractivity contribution >= 4 is 17.6 Å². The standard InChI is InChI=1S/C19H28N2O4/c1-4-24-19(23)15-8-10-21(11-9-15)18(22)13-20-16-6-5-7-17(12-16)25-14(2)3/h5-7,12,14-15,20H,4,8-11,13H2,1-3H3. The molecule has 1 aliphatic rings. The third-order valence-electron chi connectivity index (χ3n) is 4.12. The van der Waals surface area contributed by atoms with Gasteiger partial charge in [-0.1, -0.05) is 6.07 Å². The van der Waals surface area contributed by atoms with Crippen LogP contribution in [0.3, 0.4) is 0 Å². The Balaban J connectivity index is 1.78. The van der Waals surface area contributed by atoms with E-state index in [1.807, 2.05) is 45.0 Å². The Morgan fingerprint density at radius 1 is 1.28 bits per heavy atom. The summed E-state index contributed by atoms with van der Waals surface area (Å²) in [5.74, 6) is 0.594. The number of anilines is 1. The number of piperidine rings is 1. The third kappa shape index (κ3) is 5.96. The Labute approximate surface area is 149 Å².